The van der Waals surface area contributed by atoms with Crippen molar-refractivity contribution >= 4 is 5.69 Å². The van der Waals surface area contributed by atoms with Crippen LogP contribution in [0.15, 0.2) is 40.8 Å². The number of rotatable bonds is 4. The Hall–Kier alpha value is -2.11. The highest BCUT2D eigenvalue weighted by atomic mass is 19.4. The van der Waals surface area contributed by atoms with Gasteiger partial charge in [-0.2, -0.15) is 0 Å². The van der Waals surface area contributed by atoms with E-state index in [1.54, 1.807) is 12.1 Å². The van der Waals surface area contributed by atoms with Crippen LogP contribution in [0.4, 0.5) is 18.9 Å². The number of alkyl halides is 3. The van der Waals surface area contributed by atoms with Gasteiger partial charge in [0.25, 0.3) is 0 Å². The number of hydrogen-bond donors (Lipinski definition) is 1. The van der Waals surface area contributed by atoms with Gasteiger partial charge in [-0.25, -0.2) is 0 Å². The van der Waals surface area contributed by atoms with Gasteiger partial charge < -0.3 is 14.5 Å². The second kappa shape index (κ2) is 5.26. The summed E-state index contributed by atoms with van der Waals surface area (Å²) in [6.45, 7) is 2.21. The first kappa shape index (κ1) is 13.3. The van der Waals surface area contributed by atoms with Crippen molar-refractivity contribution < 1.29 is 22.3 Å². The average molecular weight is 271 g/mol. The van der Waals surface area contributed by atoms with E-state index >= 15 is 0 Å². The topological polar surface area (TPSA) is 34.4 Å². The maximum Gasteiger partial charge on any atom is 0.573 e. The van der Waals surface area contributed by atoms with Gasteiger partial charge in [0.2, 0.25) is 0 Å². The van der Waals surface area contributed by atoms with Crippen molar-refractivity contribution in [1.29, 1.82) is 0 Å². The van der Waals surface area contributed by atoms with Crippen molar-refractivity contribution in [3.05, 3.63) is 47.9 Å². The predicted octanol–water partition coefficient (Wildman–Crippen LogP) is 4.10. The van der Waals surface area contributed by atoms with Crippen LogP contribution in [0.2, 0.25) is 0 Å². The zero-order valence-corrected chi connectivity index (χ0v) is 10.1. The first-order valence-electron chi connectivity index (χ1n) is 5.57. The van der Waals surface area contributed by atoms with E-state index in [1.807, 2.05) is 13.0 Å². The lowest BCUT2D eigenvalue weighted by Crippen LogP contribution is -2.17. The molecule has 0 amide bonds. The number of anilines is 1. The lowest BCUT2D eigenvalue weighted by atomic mass is 10.3. The molecule has 19 heavy (non-hydrogen) atoms. The number of ether oxygens (including phenoxy) is 1. The second-order valence-corrected chi connectivity index (χ2v) is 3.94. The van der Waals surface area contributed by atoms with Crippen molar-refractivity contribution in [2.45, 2.75) is 19.8 Å². The van der Waals surface area contributed by atoms with E-state index < -0.39 is 6.36 Å². The molecule has 3 nitrogen and oxygen atoms in total. The standard InChI is InChI=1S/C13H12F3NO2/c1-9-5-6-12(18-9)8-17-10-3-2-4-11(7-10)19-13(14,15)16/h2-7,17H,8H2,1H3. The van der Waals surface area contributed by atoms with Gasteiger partial charge in [0.1, 0.15) is 17.3 Å². The molecular formula is C13H12F3NO2. The maximum absolute atomic E-state index is 12.1. The summed E-state index contributed by atoms with van der Waals surface area (Å²) < 4.78 is 45.4. The Morgan fingerprint density at radius 3 is 2.63 bits per heavy atom. The molecule has 0 bridgehead atoms. The van der Waals surface area contributed by atoms with Crippen LogP contribution in [-0.2, 0) is 6.54 Å². The summed E-state index contributed by atoms with van der Waals surface area (Å²) in [6, 6.07) is 9.29. The van der Waals surface area contributed by atoms with Crippen molar-refractivity contribution in [2.75, 3.05) is 5.32 Å². The van der Waals surface area contributed by atoms with E-state index in [0.717, 1.165) is 5.76 Å². The van der Waals surface area contributed by atoms with E-state index in [0.29, 0.717) is 18.0 Å². The van der Waals surface area contributed by atoms with E-state index in [1.165, 1.54) is 18.2 Å². The molecule has 0 aliphatic heterocycles. The van der Waals surface area contributed by atoms with Crippen LogP contribution >= 0.6 is 0 Å². The van der Waals surface area contributed by atoms with Crippen LogP contribution in [-0.4, -0.2) is 6.36 Å². The third-order valence-electron chi connectivity index (χ3n) is 2.33. The molecule has 2 rings (SSSR count). The molecule has 0 atom stereocenters. The maximum atomic E-state index is 12.1. The summed E-state index contributed by atoms with van der Waals surface area (Å²) in [7, 11) is 0. The summed E-state index contributed by atoms with van der Waals surface area (Å²) in [5.41, 5.74) is 0.524. The zero-order chi connectivity index (χ0) is 13.9. The van der Waals surface area contributed by atoms with Gasteiger partial charge in [-0.15, -0.1) is 13.2 Å². The van der Waals surface area contributed by atoms with Crippen molar-refractivity contribution in [3.8, 4) is 5.75 Å². The lowest BCUT2D eigenvalue weighted by molar-refractivity contribution is -0.274. The van der Waals surface area contributed by atoms with Crippen LogP contribution in [0.5, 0.6) is 5.75 Å². The smallest absolute Gasteiger partial charge is 0.465 e. The molecule has 0 saturated carbocycles. The normalized spacial score (nSPS) is 11.4. The number of aryl methyl sites for hydroxylation is 1. The summed E-state index contributed by atoms with van der Waals surface area (Å²) in [5, 5.41) is 2.96. The average Bonchev–Trinajstić information content (AvgIpc) is 2.71. The van der Waals surface area contributed by atoms with E-state index in [4.69, 9.17) is 4.42 Å². The molecule has 1 aromatic carbocycles. The fourth-order valence-electron chi connectivity index (χ4n) is 1.57. The van der Waals surface area contributed by atoms with Crippen LogP contribution in [0.1, 0.15) is 11.5 Å². The SMILES string of the molecule is Cc1ccc(CNc2cccc(OC(F)(F)F)c2)o1. The fourth-order valence-corrected chi connectivity index (χ4v) is 1.57. The summed E-state index contributed by atoms with van der Waals surface area (Å²) in [5.74, 6) is 1.23. The van der Waals surface area contributed by atoms with Crippen LogP contribution < -0.4 is 10.1 Å². The Morgan fingerprint density at radius 1 is 1.21 bits per heavy atom. The van der Waals surface area contributed by atoms with Crippen molar-refractivity contribution in [1.82, 2.24) is 0 Å². The minimum atomic E-state index is -4.68. The van der Waals surface area contributed by atoms with Gasteiger partial charge in [-0.05, 0) is 31.2 Å². The Balaban J connectivity index is 1.99. The predicted molar refractivity (Wildman–Crippen MR) is 63.9 cm³/mol. The third-order valence-corrected chi connectivity index (χ3v) is 2.33. The molecule has 1 aromatic heterocycles. The highest BCUT2D eigenvalue weighted by Gasteiger charge is 2.31. The third kappa shape index (κ3) is 4.24. The molecule has 2 aromatic rings. The molecule has 0 radical (unpaired) electrons. The largest absolute Gasteiger partial charge is 0.573 e. The first-order valence-corrected chi connectivity index (χ1v) is 5.57. The quantitative estimate of drug-likeness (QED) is 0.909. The minimum Gasteiger partial charge on any atom is -0.465 e. The Labute approximate surface area is 108 Å². The van der Waals surface area contributed by atoms with E-state index in [2.05, 4.69) is 10.1 Å². The first-order chi connectivity index (χ1) is 8.92. The Kier molecular flexibility index (Phi) is 3.69. The van der Waals surface area contributed by atoms with Gasteiger partial charge >= 0.3 is 6.36 Å². The van der Waals surface area contributed by atoms with Crippen molar-refractivity contribution in [2.24, 2.45) is 0 Å². The molecule has 0 spiro atoms. The Morgan fingerprint density at radius 2 is 2.00 bits per heavy atom. The van der Waals surface area contributed by atoms with Crippen molar-refractivity contribution in [3.63, 3.8) is 0 Å². The fraction of sp³-hybridized carbons (Fsp3) is 0.231. The van der Waals surface area contributed by atoms with Crippen LogP contribution in [0.25, 0.3) is 0 Å². The summed E-state index contributed by atoms with van der Waals surface area (Å²) in [6.07, 6.45) is -4.68. The lowest BCUT2D eigenvalue weighted by Gasteiger charge is -2.10. The number of hydrogen-bond acceptors (Lipinski definition) is 3. The number of nitrogens with one attached hydrogen (secondary N) is 1. The number of benzene rings is 1. The molecule has 6 heteroatoms. The zero-order valence-electron chi connectivity index (χ0n) is 10.1. The van der Waals surface area contributed by atoms with Gasteiger partial charge in [-0.3, -0.25) is 0 Å². The second-order valence-electron chi connectivity index (χ2n) is 3.94. The van der Waals surface area contributed by atoms with Gasteiger partial charge in [-0.1, -0.05) is 6.07 Å². The molecule has 0 fully saturated rings. The summed E-state index contributed by atoms with van der Waals surface area (Å²) >= 11 is 0. The van der Waals surface area contributed by atoms with E-state index in [9.17, 15) is 13.2 Å². The molecule has 1 heterocycles. The van der Waals surface area contributed by atoms with Crippen LogP contribution in [0.3, 0.4) is 0 Å². The van der Waals surface area contributed by atoms with E-state index in [-0.39, 0.29) is 5.75 Å². The molecule has 0 aliphatic carbocycles. The molecule has 0 saturated heterocycles. The Bertz CT molecular complexity index is 549. The highest BCUT2D eigenvalue weighted by Crippen LogP contribution is 2.25. The molecular weight excluding hydrogens is 259 g/mol. The van der Waals surface area contributed by atoms with Gasteiger partial charge in [0.05, 0.1) is 6.54 Å². The summed E-state index contributed by atoms with van der Waals surface area (Å²) in [4.78, 5) is 0. The van der Waals surface area contributed by atoms with Crippen LogP contribution in [0, 0.1) is 6.92 Å². The molecule has 1 N–H and O–H groups in total. The molecule has 0 aliphatic rings. The molecule has 102 valence electrons. The minimum absolute atomic E-state index is 0.256. The van der Waals surface area contributed by atoms with Gasteiger partial charge in [0.15, 0.2) is 0 Å². The molecule has 0 unspecified atom stereocenters. The highest BCUT2D eigenvalue weighted by molar-refractivity contribution is 5.48. The van der Waals surface area contributed by atoms with Gasteiger partial charge in [0, 0.05) is 11.8 Å². The number of furan rings is 1. The monoisotopic (exact) mass is 271 g/mol. The number of halogens is 3.